The number of aryl methyl sites for hydroxylation is 1. The van der Waals surface area contributed by atoms with Gasteiger partial charge in [0.25, 0.3) is 0 Å². The summed E-state index contributed by atoms with van der Waals surface area (Å²) in [6.07, 6.45) is 4.23. The monoisotopic (exact) mass is 849 g/mol. The van der Waals surface area contributed by atoms with Gasteiger partial charge in [-0.1, -0.05) is 50.2 Å². The Morgan fingerprint density at radius 1 is 0.857 bits per heavy atom. The third-order valence-corrected chi connectivity index (χ3v) is 12.7. The maximum Gasteiger partial charge on any atom is 0.328 e. The number of piperidine rings is 1. The lowest BCUT2D eigenvalue weighted by Crippen LogP contribution is -2.49. The van der Waals surface area contributed by atoms with E-state index in [9.17, 15) is 14.4 Å². The van der Waals surface area contributed by atoms with Crippen LogP contribution in [-0.2, 0) is 10.2 Å². The lowest BCUT2D eigenvalue weighted by Gasteiger charge is -2.40. The van der Waals surface area contributed by atoms with Crippen molar-refractivity contribution in [2.75, 3.05) is 67.1 Å². The molecule has 3 saturated heterocycles. The highest BCUT2D eigenvalue weighted by atomic mass is 16.5. The van der Waals surface area contributed by atoms with Gasteiger partial charge in [-0.25, -0.2) is 14.8 Å². The minimum absolute atomic E-state index is 0.0459. The van der Waals surface area contributed by atoms with Crippen LogP contribution in [0.4, 0.5) is 21.9 Å². The second-order valence-electron chi connectivity index (χ2n) is 18.1. The molecule has 0 saturated carbocycles. The first-order valence-corrected chi connectivity index (χ1v) is 22.0. The molecule has 0 spiro atoms. The molecule has 3 aliphatic heterocycles. The number of carbonyl (C=O) groups is 3. The normalized spacial score (nSPS) is 17.3. The van der Waals surface area contributed by atoms with E-state index in [2.05, 4.69) is 94.0 Å². The van der Waals surface area contributed by atoms with Gasteiger partial charge >= 0.3 is 17.8 Å². The Hall–Kier alpha value is -6.61. The topological polar surface area (TPSA) is 169 Å². The summed E-state index contributed by atoms with van der Waals surface area (Å²) >= 11 is 0. The minimum Gasteiger partial charge on any atom is -0.372 e. The number of aromatic nitrogens is 5. The predicted octanol–water partition coefficient (Wildman–Crippen LogP) is 7.26. The number of H-pyrrole nitrogens is 1. The summed E-state index contributed by atoms with van der Waals surface area (Å²) in [6, 6.07) is 24.6. The van der Waals surface area contributed by atoms with E-state index in [1.807, 2.05) is 58.9 Å². The lowest BCUT2D eigenvalue weighted by molar-refractivity contribution is -0.120. The highest BCUT2D eigenvalue weighted by Crippen LogP contribution is 2.34. The molecule has 326 valence electrons. The number of nitrogens with zero attached hydrogens (tertiary/aromatic N) is 8. The van der Waals surface area contributed by atoms with E-state index in [1.54, 1.807) is 11.2 Å². The van der Waals surface area contributed by atoms with E-state index < -0.39 is 5.91 Å². The number of hydrogen-bond acceptors (Lipinski definition) is 11. The SMILES string of the molecule is Cc1cc(-c2ncnc3[nH]c(-c4cccc(N5CCN(CC6CCN(c7ccc(N8CCC(=O)NC8=O)cc7)CC6)CC5)c4)cc23)ccc1C(C)NC(=O)c1nc(C(C)(C)C)no1. The molecular formula is C48H55N11O4. The third kappa shape index (κ3) is 9.01. The summed E-state index contributed by atoms with van der Waals surface area (Å²) in [5.74, 6) is 0.487. The molecule has 6 aromatic rings. The number of carbonyl (C=O) groups excluding carboxylic acids is 3. The van der Waals surface area contributed by atoms with Crippen LogP contribution in [0.25, 0.3) is 33.5 Å². The van der Waals surface area contributed by atoms with E-state index in [-0.39, 0.29) is 29.3 Å². The van der Waals surface area contributed by atoms with Crippen molar-refractivity contribution in [3.8, 4) is 22.5 Å². The number of benzene rings is 3. The molecule has 0 bridgehead atoms. The fourth-order valence-corrected chi connectivity index (χ4v) is 9.04. The Morgan fingerprint density at radius 2 is 1.60 bits per heavy atom. The molecular weight excluding hydrogens is 795 g/mol. The Morgan fingerprint density at radius 3 is 2.32 bits per heavy atom. The van der Waals surface area contributed by atoms with Gasteiger partial charge in [0, 0.05) is 103 Å². The molecule has 9 rings (SSSR count). The minimum atomic E-state index is -0.406. The van der Waals surface area contributed by atoms with E-state index in [1.165, 1.54) is 11.4 Å². The molecule has 3 N–H and O–H groups in total. The first-order chi connectivity index (χ1) is 30.4. The molecule has 0 aliphatic carbocycles. The molecule has 15 heteroatoms. The van der Waals surface area contributed by atoms with Crippen molar-refractivity contribution < 1.29 is 18.9 Å². The first kappa shape index (κ1) is 41.7. The molecule has 1 atom stereocenters. The summed E-state index contributed by atoms with van der Waals surface area (Å²) in [6.45, 7) is 17.5. The largest absolute Gasteiger partial charge is 0.372 e. The number of piperazine rings is 1. The summed E-state index contributed by atoms with van der Waals surface area (Å²) < 4.78 is 5.26. The van der Waals surface area contributed by atoms with Crippen LogP contribution in [0.1, 0.15) is 80.6 Å². The van der Waals surface area contributed by atoms with Gasteiger partial charge in [0.2, 0.25) is 5.91 Å². The van der Waals surface area contributed by atoms with Crippen molar-refractivity contribution in [3.05, 3.63) is 102 Å². The van der Waals surface area contributed by atoms with Crippen molar-refractivity contribution in [2.24, 2.45) is 5.92 Å². The third-order valence-electron chi connectivity index (χ3n) is 12.7. The second-order valence-corrected chi connectivity index (χ2v) is 18.1. The van der Waals surface area contributed by atoms with Crippen LogP contribution >= 0.6 is 0 Å². The standard InChI is InChI=1S/C48H55N11O4/c1-30-25-34(9-14-38(30)31(2)51-44(61)45-54-46(55-63-45)48(3,4)5)42-39-27-40(52-43(39)50-29-49-42)33-7-6-8-37(26-33)58-23-21-56(22-24-58)28-32-15-18-57(19-16-32)35-10-12-36(13-11-35)59-20-17-41(60)53-47(59)62/h6-14,25-27,29,31-32H,15-24,28H2,1-5H3,(H,51,61)(H,49,50,52)(H,53,60,62). The highest BCUT2D eigenvalue weighted by molar-refractivity contribution is 6.05. The summed E-state index contributed by atoms with van der Waals surface area (Å²) in [5.41, 5.74) is 9.55. The number of anilines is 3. The lowest BCUT2D eigenvalue weighted by atomic mass is 9.95. The number of urea groups is 1. The summed E-state index contributed by atoms with van der Waals surface area (Å²) in [4.78, 5) is 63.2. The molecule has 3 aromatic heterocycles. The molecule has 3 aliphatic rings. The number of amides is 4. The van der Waals surface area contributed by atoms with Crippen molar-refractivity contribution in [1.29, 1.82) is 0 Å². The maximum atomic E-state index is 13.0. The van der Waals surface area contributed by atoms with Crippen molar-refractivity contribution in [2.45, 2.75) is 65.3 Å². The van der Waals surface area contributed by atoms with Crippen LogP contribution in [0.2, 0.25) is 0 Å². The average Bonchev–Trinajstić information content (AvgIpc) is 3.97. The van der Waals surface area contributed by atoms with Crippen LogP contribution in [-0.4, -0.2) is 100 Å². The van der Waals surface area contributed by atoms with E-state index in [0.717, 1.165) is 109 Å². The molecule has 63 heavy (non-hydrogen) atoms. The van der Waals surface area contributed by atoms with Crippen LogP contribution in [0, 0.1) is 12.8 Å². The van der Waals surface area contributed by atoms with E-state index in [4.69, 9.17) is 9.51 Å². The molecule has 1 unspecified atom stereocenters. The number of aromatic amines is 1. The van der Waals surface area contributed by atoms with Crippen LogP contribution in [0.3, 0.4) is 0 Å². The van der Waals surface area contributed by atoms with Crippen LogP contribution in [0.15, 0.2) is 83.6 Å². The molecule has 3 aromatic carbocycles. The van der Waals surface area contributed by atoms with Crippen molar-refractivity contribution in [3.63, 3.8) is 0 Å². The number of imide groups is 1. The van der Waals surface area contributed by atoms with Crippen molar-refractivity contribution in [1.82, 2.24) is 40.6 Å². The molecule has 3 fully saturated rings. The van der Waals surface area contributed by atoms with Gasteiger partial charge in [-0.05, 0) is 92.3 Å². The van der Waals surface area contributed by atoms with E-state index >= 15 is 0 Å². The van der Waals surface area contributed by atoms with Gasteiger partial charge in [-0.3, -0.25) is 24.7 Å². The fourth-order valence-electron chi connectivity index (χ4n) is 9.04. The molecule has 15 nitrogen and oxygen atoms in total. The quantitative estimate of drug-likeness (QED) is 0.127. The van der Waals surface area contributed by atoms with Gasteiger partial charge in [-0.15, -0.1) is 0 Å². The Labute approximate surface area is 367 Å². The fraction of sp³-hybridized carbons (Fsp3) is 0.396. The van der Waals surface area contributed by atoms with E-state index in [0.29, 0.717) is 24.7 Å². The maximum absolute atomic E-state index is 13.0. The van der Waals surface area contributed by atoms with Crippen LogP contribution in [0.5, 0.6) is 0 Å². The first-order valence-electron chi connectivity index (χ1n) is 22.0. The van der Waals surface area contributed by atoms with Gasteiger partial charge in [0.15, 0.2) is 5.82 Å². The Bertz CT molecular complexity index is 2630. The number of hydrogen-bond donors (Lipinski definition) is 3. The zero-order valence-electron chi connectivity index (χ0n) is 36.6. The molecule has 4 amide bonds. The predicted molar refractivity (Wildman–Crippen MR) is 244 cm³/mol. The number of nitrogens with one attached hydrogen (secondary N) is 3. The van der Waals surface area contributed by atoms with Crippen LogP contribution < -0.4 is 25.3 Å². The Balaban J connectivity index is 0.789. The summed E-state index contributed by atoms with van der Waals surface area (Å²) in [5, 5.41) is 10.3. The smallest absolute Gasteiger partial charge is 0.328 e. The number of fused-ring (bicyclic) bond motifs is 1. The average molecular weight is 850 g/mol. The zero-order valence-corrected chi connectivity index (χ0v) is 36.6. The Kier molecular flexibility index (Phi) is 11.4. The van der Waals surface area contributed by atoms with Gasteiger partial charge < -0.3 is 24.6 Å². The van der Waals surface area contributed by atoms with Crippen molar-refractivity contribution >= 4 is 45.9 Å². The zero-order chi connectivity index (χ0) is 43.8. The molecule has 6 heterocycles. The highest BCUT2D eigenvalue weighted by Gasteiger charge is 2.28. The number of rotatable bonds is 10. The van der Waals surface area contributed by atoms with Gasteiger partial charge in [-0.2, -0.15) is 4.98 Å². The molecule has 0 radical (unpaired) electrons. The second kappa shape index (κ2) is 17.3. The summed E-state index contributed by atoms with van der Waals surface area (Å²) in [7, 11) is 0. The van der Waals surface area contributed by atoms with Gasteiger partial charge in [0.05, 0.1) is 11.7 Å². The van der Waals surface area contributed by atoms with Gasteiger partial charge in [0.1, 0.15) is 12.0 Å².